The highest BCUT2D eigenvalue weighted by atomic mass is 35.5. The van der Waals surface area contributed by atoms with Gasteiger partial charge in [-0.25, -0.2) is 13.5 Å². The van der Waals surface area contributed by atoms with Gasteiger partial charge in [-0.3, -0.25) is 0 Å². The lowest BCUT2D eigenvalue weighted by atomic mass is 9.88. The zero-order valence-corrected chi connectivity index (χ0v) is 14.6. The van der Waals surface area contributed by atoms with Crippen LogP contribution in [0.25, 0.3) is 11.0 Å². The van der Waals surface area contributed by atoms with E-state index in [2.05, 4.69) is 15.1 Å². The van der Waals surface area contributed by atoms with Gasteiger partial charge in [-0.1, -0.05) is 12.1 Å². The van der Waals surface area contributed by atoms with Gasteiger partial charge < -0.3 is 9.47 Å². The second-order valence-electron chi connectivity index (χ2n) is 6.18. The van der Waals surface area contributed by atoms with Gasteiger partial charge in [0.05, 0.1) is 19.3 Å². The van der Waals surface area contributed by atoms with Gasteiger partial charge in [0, 0.05) is 12.8 Å². The van der Waals surface area contributed by atoms with Gasteiger partial charge in [0.15, 0.2) is 5.65 Å². The lowest BCUT2D eigenvalue weighted by Gasteiger charge is -2.34. The van der Waals surface area contributed by atoms with Crippen LogP contribution in [-0.4, -0.2) is 32.8 Å². The van der Waals surface area contributed by atoms with E-state index in [4.69, 9.17) is 21.1 Å². The Labute approximate surface area is 152 Å². The fraction of sp³-hybridized carbons (Fsp3) is 0.353. The van der Waals surface area contributed by atoms with Crippen molar-refractivity contribution < 1.29 is 18.3 Å². The maximum Gasteiger partial charge on any atom is 0.252 e. The van der Waals surface area contributed by atoms with Crippen molar-refractivity contribution in [3.8, 4) is 11.6 Å². The molecule has 2 aromatic heterocycles. The highest BCUT2D eigenvalue weighted by molar-refractivity contribution is 6.28. The summed E-state index contributed by atoms with van der Waals surface area (Å²) in [5, 5.41) is 4.71. The van der Waals surface area contributed by atoms with E-state index < -0.39 is 12.0 Å². The predicted molar refractivity (Wildman–Crippen MR) is 90.9 cm³/mol. The minimum absolute atomic E-state index is 0.0185. The topological polar surface area (TPSA) is 62.1 Å². The third kappa shape index (κ3) is 3.16. The number of hydrogen-bond donors (Lipinski definition) is 0. The zero-order valence-electron chi connectivity index (χ0n) is 13.8. The summed E-state index contributed by atoms with van der Waals surface area (Å²) in [7, 11) is 1.60. The summed E-state index contributed by atoms with van der Waals surface area (Å²) in [5.41, 5.74) is 1.31. The van der Waals surface area contributed by atoms with Crippen LogP contribution in [0.5, 0.6) is 11.6 Å². The monoisotopic (exact) mass is 380 g/mol. The molecule has 0 amide bonds. The Morgan fingerprint density at radius 2 is 1.96 bits per heavy atom. The molecule has 0 atom stereocenters. The number of halogens is 3. The van der Waals surface area contributed by atoms with Crippen LogP contribution >= 0.6 is 11.6 Å². The number of benzene rings is 1. The van der Waals surface area contributed by atoms with Crippen molar-refractivity contribution in [2.45, 2.75) is 31.4 Å². The van der Waals surface area contributed by atoms with Crippen molar-refractivity contribution >= 4 is 22.6 Å². The fourth-order valence-corrected chi connectivity index (χ4v) is 3.08. The molecule has 1 saturated carbocycles. The Morgan fingerprint density at radius 3 is 2.62 bits per heavy atom. The molecule has 0 spiro atoms. The Bertz CT molecular complexity index is 938. The molecular formula is C17H15ClF2N4O2. The minimum atomic E-state index is -2.65. The Balaban J connectivity index is 1.58. The normalized spacial score (nSPS) is 16.5. The highest BCUT2D eigenvalue weighted by Crippen LogP contribution is 2.46. The van der Waals surface area contributed by atoms with E-state index in [0.29, 0.717) is 11.0 Å². The van der Waals surface area contributed by atoms with Crippen molar-refractivity contribution in [2.75, 3.05) is 7.11 Å². The molecule has 3 aromatic rings. The van der Waals surface area contributed by atoms with Crippen LogP contribution in [0.4, 0.5) is 8.78 Å². The molecule has 0 bridgehead atoms. The van der Waals surface area contributed by atoms with Gasteiger partial charge in [-0.15, -0.1) is 0 Å². The Kier molecular flexibility index (Phi) is 4.14. The van der Waals surface area contributed by atoms with Crippen molar-refractivity contribution in [2.24, 2.45) is 0 Å². The first-order chi connectivity index (χ1) is 12.4. The average molecular weight is 381 g/mol. The molecule has 1 aromatic carbocycles. The second kappa shape index (κ2) is 6.35. The molecular weight excluding hydrogens is 366 g/mol. The van der Waals surface area contributed by atoms with E-state index in [9.17, 15) is 8.78 Å². The molecule has 0 unspecified atom stereocenters. The van der Waals surface area contributed by atoms with E-state index >= 15 is 0 Å². The van der Waals surface area contributed by atoms with Crippen LogP contribution in [0, 0.1) is 0 Å². The SMILES string of the molecule is COc1ccc(COc2nc(Cl)nc3c2cnn3C2CC(F)(F)C2)cc1. The van der Waals surface area contributed by atoms with Gasteiger partial charge in [-0.2, -0.15) is 15.1 Å². The van der Waals surface area contributed by atoms with Crippen molar-refractivity contribution in [1.29, 1.82) is 0 Å². The minimum Gasteiger partial charge on any atom is -0.497 e. The number of nitrogens with zero attached hydrogens (tertiary/aromatic N) is 4. The van der Waals surface area contributed by atoms with E-state index in [1.807, 2.05) is 24.3 Å². The van der Waals surface area contributed by atoms with Crippen molar-refractivity contribution in [3.05, 3.63) is 41.3 Å². The maximum absolute atomic E-state index is 13.2. The van der Waals surface area contributed by atoms with Crippen LogP contribution in [0.15, 0.2) is 30.5 Å². The molecule has 0 aliphatic heterocycles. The van der Waals surface area contributed by atoms with Gasteiger partial charge in [0.25, 0.3) is 5.92 Å². The molecule has 0 radical (unpaired) electrons. The molecule has 2 heterocycles. The standard InChI is InChI=1S/C17H15ClF2N4O2/c1-25-12-4-2-10(3-5-12)9-26-15-13-8-21-24(11-6-17(19,20)7-11)14(13)22-16(18)23-15/h2-5,8,11H,6-7,9H2,1H3. The molecule has 1 fully saturated rings. The summed E-state index contributed by atoms with van der Waals surface area (Å²) in [6.45, 7) is 0.263. The van der Waals surface area contributed by atoms with E-state index in [1.165, 1.54) is 10.9 Å². The van der Waals surface area contributed by atoms with Crippen LogP contribution in [0.1, 0.15) is 24.4 Å². The van der Waals surface area contributed by atoms with Crippen LogP contribution in [-0.2, 0) is 6.61 Å². The lowest BCUT2D eigenvalue weighted by Crippen LogP contribution is -2.37. The van der Waals surface area contributed by atoms with E-state index in [1.54, 1.807) is 7.11 Å². The summed E-state index contributed by atoms with van der Waals surface area (Å²) in [4.78, 5) is 8.24. The summed E-state index contributed by atoms with van der Waals surface area (Å²) >= 11 is 5.99. The molecule has 0 N–H and O–H groups in total. The lowest BCUT2D eigenvalue weighted by molar-refractivity contribution is -0.106. The highest BCUT2D eigenvalue weighted by Gasteiger charge is 2.47. The van der Waals surface area contributed by atoms with Gasteiger partial charge in [0.2, 0.25) is 11.2 Å². The molecule has 9 heteroatoms. The van der Waals surface area contributed by atoms with E-state index in [0.717, 1.165) is 11.3 Å². The number of hydrogen-bond acceptors (Lipinski definition) is 5. The number of aromatic nitrogens is 4. The summed E-state index contributed by atoms with van der Waals surface area (Å²) in [6.07, 6.45) is 1.01. The second-order valence-corrected chi connectivity index (χ2v) is 6.52. The maximum atomic E-state index is 13.2. The first-order valence-corrected chi connectivity index (χ1v) is 8.37. The number of alkyl halides is 2. The summed E-state index contributed by atoms with van der Waals surface area (Å²) < 4.78 is 38.7. The number of methoxy groups -OCH3 is 1. The smallest absolute Gasteiger partial charge is 0.252 e. The fourth-order valence-electron chi connectivity index (χ4n) is 2.93. The first kappa shape index (κ1) is 17.0. The molecule has 0 saturated heterocycles. The third-order valence-corrected chi connectivity index (χ3v) is 4.51. The third-order valence-electron chi connectivity index (χ3n) is 4.34. The molecule has 1 aliphatic rings. The van der Waals surface area contributed by atoms with Crippen molar-refractivity contribution in [1.82, 2.24) is 19.7 Å². The number of fused-ring (bicyclic) bond motifs is 1. The van der Waals surface area contributed by atoms with Gasteiger partial charge in [0.1, 0.15) is 17.7 Å². The van der Waals surface area contributed by atoms with Crippen LogP contribution in [0.2, 0.25) is 5.28 Å². The molecule has 4 rings (SSSR count). The average Bonchev–Trinajstić information content (AvgIpc) is 3.01. The quantitative estimate of drug-likeness (QED) is 0.625. The largest absolute Gasteiger partial charge is 0.497 e. The van der Waals surface area contributed by atoms with Gasteiger partial charge >= 0.3 is 0 Å². The number of rotatable bonds is 5. The Morgan fingerprint density at radius 1 is 1.23 bits per heavy atom. The molecule has 6 nitrogen and oxygen atoms in total. The molecule has 1 aliphatic carbocycles. The number of ether oxygens (including phenoxy) is 2. The van der Waals surface area contributed by atoms with Crippen LogP contribution in [0.3, 0.4) is 0 Å². The molecule has 26 heavy (non-hydrogen) atoms. The Hall–Kier alpha value is -2.48. The predicted octanol–water partition coefficient (Wildman–Crippen LogP) is 4.04. The molecule has 136 valence electrons. The van der Waals surface area contributed by atoms with Gasteiger partial charge in [-0.05, 0) is 29.3 Å². The van der Waals surface area contributed by atoms with Crippen LogP contribution < -0.4 is 9.47 Å². The summed E-state index contributed by atoms with van der Waals surface area (Å²) in [5.74, 6) is -1.62. The first-order valence-electron chi connectivity index (χ1n) is 7.99. The zero-order chi connectivity index (χ0) is 18.3. The van der Waals surface area contributed by atoms with Crippen molar-refractivity contribution in [3.63, 3.8) is 0 Å². The summed E-state index contributed by atoms with van der Waals surface area (Å²) in [6, 6.07) is 7.01. The van der Waals surface area contributed by atoms with E-state index in [-0.39, 0.29) is 30.6 Å².